The van der Waals surface area contributed by atoms with E-state index in [0.717, 1.165) is 51.4 Å². The molecule has 2 aliphatic carbocycles. The van der Waals surface area contributed by atoms with Crippen molar-refractivity contribution in [1.29, 1.82) is 0 Å². The van der Waals surface area contributed by atoms with Gasteiger partial charge in [0, 0.05) is 25.7 Å². The summed E-state index contributed by atoms with van der Waals surface area (Å²) < 4.78 is 50.2. The summed E-state index contributed by atoms with van der Waals surface area (Å²) in [6.07, 6.45) is 8.41. The van der Waals surface area contributed by atoms with Gasteiger partial charge in [0.05, 0.1) is 11.9 Å². The molecule has 2 saturated carbocycles. The molecular formula is C21H34O7S. The van der Waals surface area contributed by atoms with Gasteiger partial charge in [-0.2, -0.15) is 0 Å². The fraction of sp³-hybridized carbons (Fsp3) is 1.00. The lowest BCUT2D eigenvalue weighted by atomic mass is 9.94. The van der Waals surface area contributed by atoms with E-state index in [1.165, 1.54) is 12.8 Å². The molecule has 5 rings (SSSR count). The summed E-state index contributed by atoms with van der Waals surface area (Å²) >= 11 is -1.43. The third kappa shape index (κ3) is 3.95. The Morgan fingerprint density at radius 2 is 1.52 bits per heavy atom. The van der Waals surface area contributed by atoms with Crippen LogP contribution >= 0.6 is 0 Å². The maximum Gasteiger partial charge on any atom is 0.190 e. The van der Waals surface area contributed by atoms with Crippen LogP contribution in [0.3, 0.4) is 0 Å². The summed E-state index contributed by atoms with van der Waals surface area (Å²) in [5.41, 5.74) is 0. The van der Waals surface area contributed by atoms with E-state index in [1.807, 2.05) is 13.8 Å². The number of hydrogen-bond acceptors (Lipinski definition) is 7. The molecule has 0 aromatic heterocycles. The van der Waals surface area contributed by atoms with Crippen molar-refractivity contribution in [2.75, 3.05) is 6.61 Å². The minimum atomic E-state index is -1.43. The van der Waals surface area contributed by atoms with Crippen molar-refractivity contribution in [3.63, 3.8) is 0 Å². The minimum absolute atomic E-state index is 0.105. The molecule has 7 nitrogen and oxygen atoms in total. The van der Waals surface area contributed by atoms with Crippen molar-refractivity contribution in [1.82, 2.24) is 0 Å². The van der Waals surface area contributed by atoms with Gasteiger partial charge in [-0.05, 0) is 39.5 Å². The van der Waals surface area contributed by atoms with Crippen molar-refractivity contribution >= 4 is 11.1 Å². The van der Waals surface area contributed by atoms with E-state index in [4.69, 9.17) is 27.9 Å². The van der Waals surface area contributed by atoms with Gasteiger partial charge in [0.2, 0.25) is 0 Å². The quantitative estimate of drug-likeness (QED) is 0.677. The van der Waals surface area contributed by atoms with Crippen molar-refractivity contribution < 1.29 is 32.1 Å². The van der Waals surface area contributed by atoms with Gasteiger partial charge < -0.3 is 23.7 Å². The van der Waals surface area contributed by atoms with Gasteiger partial charge in [0.15, 0.2) is 28.9 Å². The molecule has 0 bridgehead atoms. The van der Waals surface area contributed by atoms with Crippen LogP contribution in [0, 0.1) is 0 Å². The smallest absolute Gasteiger partial charge is 0.190 e. The highest BCUT2D eigenvalue weighted by Gasteiger charge is 2.62. The first-order valence-corrected chi connectivity index (χ1v) is 12.5. The second-order valence-corrected chi connectivity index (χ2v) is 11.1. The number of rotatable bonds is 4. The van der Waals surface area contributed by atoms with Crippen LogP contribution in [0.15, 0.2) is 0 Å². The Bertz CT molecular complexity index is 614. The fourth-order valence-electron chi connectivity index (χ4n) is 5.40. The van der Waals surface area contributed by atoms with Crippen molar-refractivity contribution in [3.8, 4) is 0 Å². The Balaban J connectivity index is 1.33. The molecule has 8 heteroatoms. The van der Waals surface area contributed by atoms with E-state index >= 15 is 0 Å². The molecule has 5 aliphatic rings. The maximum absolute atomic E-state index is 12.6. The van der Waals surface area contributed by atoms with Crippen LogP contribution in [-0.2, 0) is 38.9 Å². The Morgan fingerprint density at radius 1 is 0.862 bits per heavy atom. The van der Waals surface area contributed by atoms with Crippen molar-refractivity contribution in [2.45, 2.75) is 126 Å². The van der Waals surface area contributed by atoms with Crippen LogP contribution < -0.4 is 0 Å². The van der Waals surface area contributed by atoms with Gasteiger partial charge in [-0.25, -0.2) is 4.21 Å². The van der Waals surface area contributed by atoms with Gasteiger partial charge in [0.1, 0.15) is 24.4 Å². The van der Waals surface area contributed by atoms with Crippen molar-refractivity contribution in [3.05, 3.63) is 0 Å². The Morgan fingerprint density at radius 3 is 2.17 bits per heavy atom. The monoisotopic (exact) mass is 430 g/mol. The topological polar surface area (TPSA) is 72.5 Å². The number of hydrogen-bond donors (Lipinski definition) is 0. The van der Waals surface area contributed by atoms with Crippen LogP contribution in [0.2, 0.25) is 0 Å². The highest BCUT2D eigenvalue weighted by Crippen LogP contribution is 2.48. The molecule has 166 valence electrons. The maximum atomic E-state index is 12.6. The Kier molecular flexibility index (Phi) is 5.82. The van der Waals surface area contributed by atoms with Gasteiger partial charge in [-0.3, -0.25) is 4.18 Å². The van der Waals surface area contributed by atoms with E-state index < -0.39 is 41.2 Å². The van der Waals surface area contributed by atoms with Gasteiger partial charge >= 0.3 is 0 Å². The summed E-state index contributed by atoms with van der Waals surface area (Å²) in [4.78, 5) is 0. The molecule has 6 atom stereocenters. The number of fused-ring (bicyclic) bond motifs is 1. The molecule has 2 spiro atoms. The second kappa shape index (κ2) is 8.11. The van der Waals surface area contributed by atoms with Crippen LogP contribution in [0.1, 0.15) is 78.1 Å². The summed E-state index contributed by atoms with van der Waals surface area (Å²) in [5.74, 6) is -1.06. The predicted molar refractivity (Wildman–Crippen MR) is 105 cm³/mol. The summed E-state index contributed by atoms with van der Waals surface area (Å²) in [7, 11) is 0. The molecule has 0 radical (unpaired) electrons. The van der Waals surface area contributed by atoms with Crippen LogP contribution in [-0.4, -0.2) is 58.3 Å². The molecule has 29 heavy (non-hydrogen) atoms. The molecule has 3 saturated heterocycles. The van der Waals surface area contributed by atoms with E-state index in [9.17, 15) is 4.21 Å². The van der Waals surface area contributed by atoms with E-state index in [2.05, 4.69) is 0 Å². The first-order chi connectivity index (χ1) is 14.0. The summed E-state index contributed by atoms with van der Waals surface area (Å²) in [5, 5.41) is -0.105. The first-order valence-electron chi connectivity index (χ1n) is 11.4. The third-order valence-corrected chi connectivity index (χ3v) is 8.14. The molecule has 3 aliphatic heterocycles. The molecule has 0 aromatic carbocycles. The predicted octanol–water partition coefficient (Wildman–Crippen LogP) is 3.32. The lowest BCUT2D eigenvalue weighted by Crippen LogP contribution is -2.46. The first kappa shape index (κ1) is 20.8. The lowest BCUT2D eigenvalue weighted by molar-refractivity contribution is -0.258. The molecule has 2 unspecified atom stereocenters. The van der Waals surface area contributed by atoms with Crippen LogP contribution in [0.5, 0.6) is 0 Å². The molecule has 0 N–H and O–H groups in total. The highest BCUT2D eigenvalue weighted by atomic mass is 32.2. The van der Waals surface area contributed by atoms with E-state index in [0.29, 0.717) is 6.61 Å². The minimum Gasteiger partial charge on any atom is -0.347 e. The molecular weight excluding hydrogens is 396 g/mol. The molecule has 0 amide bonds. The molecule has 3 heterocycles. The largest absolute Gasteiger partial charge is 0.347 e. The van der Waals surface area contributed by atoms with Gasteiger partial charge in [-0.1, -0.05) is 12.8 Å². The zero-order valence-electron chi connectivity index (χ0n) is 17.5. The second-order valence-electron chi connectivity index (χ2n) is 9.45. The van der Waals surface area contributed by atoms with E-state index in [-0.39, 0.29) is 17.5 Å². The Hall–Kier alpha value is -0.0900. The van der Waals surface area contributed by atoms with Gasteiger partial charge in [-0.15, -0.1) is 0 Å². The van der Waals surface area contributed by atoms with Crippen LogP contribution in [0.25, 0.3) is 0 Å². The zero-order valence-corrected chi connectivity index (χ0v) is 18.3. The van der Waals surface area contributed by atoms with Gasteiger partial charge in [0.25, 0.3) is 0 Å². The average molecular weight is 431 g/mol. The summed E-state index contributed by atoms with van der Waals surface area (Å²) in [6, 6.07) is 0. The Labute approximate surface area is 175 Å². The normalized spacial score (nSPS) is 42.0. The summed E-state index contributed by atoms with van der Waals surface area (Å²) in [6.45, 7) is 4.24. The van der Waals surface area contributed by atoms with E-state index in [1.54, 1.807) is 0 Å². The highest BCUT2D eigenvalue weighted by molar-refractivity contribution is 7.80. The third-order valence-electron chi connectivity index (χ3n) is 6.95. The lowest BCUT2D eigenvalue weighted by Gasteiger charge is -2.35. The molecule has 5 fully saturated rings. The van der Waals surface area contributed by atoms with Crippen molar-refractivity contribution in [2.24, 2.45) is 0 Å². The fourth-order valence-corrected chi connectivity index (χ4v) is 6.06. The number of ether oxygens (including phenoxy) is 5. The standard InChI is InChI=1S/C21H34O7S/c1-14(2)29(22)28-17-16(15-13-23-20(25-15)9-5-3-6-10-20)24-19-18(17)26-21(27-19)11-7-4-8-12-21/h14-19H,3-13H2,1-2H3/t15?,16-,17+,18?,19-,29+/m1/s1. The zero-order chi connectivity index (χ0) is 20.1. The average Bonchev–Trinajstić information content (AvgIpc) is 3.36. The molecule has 0 aromatic rings. The van der Waals surface area contributed by atoms with Crippen LogP contribution in [0.4, 0.5) is 0 Å². The SMILES string of the molecule is CC(C)[S@@](=O)O[C@@H]1C2OC3(CCCCC3)O[C@H]2O[C@@H]1C1COC2(CCCCC2)O1.